The van der Waals surface area contributed by atoms with Crippen LogP contribution in [0.2, 0.25) is 0 Å². The summed E-state index contributed by atoms with van der Waals surface area (Å²) in [7, 11) is -3.81. The summed E-state index contributed by atoms with van der Waals surface area (Å²) < 4.78 is 26.0. The zero-order chi connectivity index (χ0) is 14.1. The summed E-state index contributed by atoms with van der Waals surface area (Å²) in [6.07, 6.45) is 2.92. The number of hydrogen-bond donors (Lipinski definition) is 2. The number of pyridine rings is 1. The Labute approximate surface area is 109 Å². The molecule has 0 spiro atoms. The first-order valence-corrected chi connectivity index (χ1v) is 7.13. The van der Waals surface area contributed by atoms with Gasteiger partial charge in [0.2, 0.25) is 10.0 Å². The smallest absolute Gasteiger partial charge is 0.363 e. The topological polar surface area (TPSA) is 122 Å². The molecule has 1 aromatic heterocycles. The third kappa shape index (κ3) is 3.06. The molecular formula is C10H13N3O5S. The molecule has 0 atom stereocenters. The van der Waals surface area contributed by atoms with E-state index in [1.165, 1.54) is 0 Å². The van der Waals surface area contributed by atoms with E-state index in [2.05, 4.69) is 9.71 Å². The fourth-order valence-corrected chi connectivity index (χ4v) is 2.78. The van der Waals surface area contributed by atoms with Crippen molar-refractivity contribution in [3.63, 3.8) is 0 Å². The Morgan fingerprint density at radius 3 is 2.58 bits per heavy atom. The van der Waals surface area contributed by atoms with E-state index in [9.17, 15) is 23.6 Å². The van der Waals surface area contributed by atoms with Crippen LogP contribution in [-0.4, -0.2) is 35.6 Å². The molecule has 0 unspecified atom stereocenters. The lowest BCUT2D eigenvalue weighted by Crippen LogP contribution is -2.47. The molecule has 1 saturated carbocycles. The van der Waals surface area contributed by atoms with E-state index in [4.69, 9.17) is 0 Å². The molecule has 104 valence electrons. The SMILES string of the molecule is O=[N+]([O-])c1ccc(S(=O)(=O)NCC2(O)CCC2)cn1. The molecule has 2 rings (SSSR count). The number of sulfonamides is 1. The van der Waals surface area contributed by atoms with Crippen LogP contribution < -0.4 is 4.72 Å². The number of nitro groups is 1. The highest BCUT2D eigenvalue weighted by Gasteiger charge is 2.35. The van der Waals surface area contributed by atoms with Gasteiger partial charge in [0, 0.05) is 12.6 Å². The molecular weight excluding hydrogens is 274 g/mol. The van der Waals surface area contributed by atoms with Gasteiger partial charge >= 0.3 is 5.82 Å². The monoisotopic (exact) mass is 287 g/mol. The molecule has 1 heterocycles. The predicted octanol–water partition coefficient (Wildman–Crippen LogP) is 0.183. The number of nitrogens with one attached hydrogen (secondary N) is 1. The zero-order valence-electron chi connectivity index (χ0n) is 9.94. The second kappa shape index (κ2) is 4.83. The van der Waals surface area contributed by atoms with Crippen molar-refractivity contribution in [2.24, 2.45) is 0 Å². The number of rotatable bonds is 5. The molecule has 19 heavy (non-hydrogen) atoms. The average molecular weight is 287 g/mol. The van der Waals surface area contributed by atoms with Gasteiger partial charge in [-0.1, -0.05) is 0 Å². The summed E-state index contributed by atoms with van der Waals surface area (Å²) in [5.41, 5.74) is -0.971. The molecule has 1 aromatic rings. The fraction of sp³-hybridized carbons (Fsp3) is 0.500. The van der Waals surface area contributed by atoms with Crippen LogP contribution in [0.15, 0.2) is 23.2 Å². The van der Waals surface area contributed by atoms with Crippen LogP contribution in [0, 0.1) is 10.1 Å². The Morgan fingerprint density at radius 1 is 1.47 bits per heavy atom. The maximum atomic E-state index is 11.9. The molecule has 1 fully saturated rings. The maximum absolute atomic E-state index is 11.9. The van der Waals surface area contributed by atoms with Gasteiger partial charge in [0.25, 0.3) is 0 Å². The summed E-state index contributed by atoms with van der Waals surface area (Å²) in [5, 5.41) is 20.2. The van der Waals surface area contributed by atoms with Crippen LogP contribution in [0.5, 0.6) is 0 Å². The average Bonchev–Trinajstić information content (AvgIpc) is 2.34. The van der Waals surface area contributed by atoms with E-state index < -0.39 is 26.4 Å². The van der Waals surface area contributed by atoms with Crippen LogP contribution in [-0.2, 0) is 10.0 Å². The van der Waals surface area contributed by atoms with E-state index in [1.807, 2.05) is 0 Å². The van der Waals surface area contributed by atoms with Crippen LogP contribution in [0.1, 0.15) is 19.3 Å². The van der Waals surface area contributed by atoms with Gasteiger partial charge in [-0.2, -0.15) is 0 Å². The minimum Gasteiger partial charge on any atom is -0.389 e. The number of aliphatic hydroxyl groups is 1. The summed E-state index contributed by atoms with van der Waals surface area (Å²) >= 11 is 0. The first-order valence-electron chi connectivity index (χ1n) is 5.65. The zero-order valence-corrected chi connectivity index (χ0v) is 10.8. The molecule has 1 aliphatic rings. The van der Waals surface area contributed by atoms with E-state index in [0.29, 0.717) is 12.8 Å². The fourth-order valence-electron chi connectivity index (χ4n) is 1.71. The van der Waals surface area contributed by atoms with Gasteiger partial charge in [-0.25, -0.2) is 13.1 Å². The molecule has 9 heteroatoms. The highest BCUT2D eigenvalue weighted by atomic mass is 32.2. The Balaban J connectivity index is 2.08. The second-order valence-electron chi connectivity index (χ2n) is 4.51. The lowest BCUT2D eigenvalue weighted by molar-refractivity contribution is -0.389. The van der Waals surface area contributed by atoms with E-state index >= 15 is 0 Å². The summed E-state index contributed by atoms with van der Waals surface area (Å²) in [4.78, 5) is 13.0. The van der Waals surface area contributed by atoms with Crippen molar-refractivity contribution < 1.29 is 18.4 Å². The normalized spacial score (nSPS) is 17.7. The standard InChI is InChI=1S/C10H13N3O5S/c14-10(4-1-5-10)7-12-19(17,18)8-2-3-9(11-6-8)13(15)16/h2-3,6,12,14H,1,4-5,7H2. The second-order valence-corrected chi connectivity index (χ2v) is 6.28. The Hall–Kier alpha value is -1.58. The van der Waals surface area contributed by atoms with Crippen molar-refractivity contribution >= 4 is 15.8 Å². The number of aromatic nitrogens is 1. The minimum absolute atomic E-state index is 0.0632. The van der Waals surface area contributed by atoms with Gasteiger partial charge in [0.05, 0.1) is 5.60 Å². The number of hydrogen-bond acceptors (Lipinski definition) is 6. The maximum Gasteiger partial charge on any atom is 0.363 e. The summed E-state index contributed by atoms with van der Waals surface area (Å²) in [6.45, 7) is -0.0632. The first-order chi connectivity index (χ1) is 8.82. The van der Waals surface area contributed by atoms with E-state index in [0.717, 1.165) is 24.8 Å². The van der Waals surface area contributed by atoms with E-state index in [1.54, 1.807) is 0 Å². The van der Waals surface area contributed by atoms with Crippen molar-refractivity contribution in [1.29, 1.82) is 0 Å². The number of nitrogens with zero attached hydrogens (tertiary/aromatic N) is 2. The predicted molar refractivity (Wildman–Crippen MR) is 64.9 cm³/mol. The molecule has 2 N–H and O–H groups in total. The largest absolute Gasteiger partial charge is 0.389 e. The van der Waals surface area contributed by atoms with Crippen LogP contribution in [0.25, 0.3) is 0 Å². The summed E-state index contributed by atoms with van der Waals surface area (Å²) in [6, 6.07) is 2.13. The first kappa shape index (κ1) is 13.8. The third-order valence-corrected chi connectivity index (χ3v) is 4.48. The molecule has 0 saturated heterocycles. The van der Waals surface area contributed by atoms with Crippen LogP contribution in [0.4, 0.5) is 5.82 Å². The molecule has 0 aliphatic heterocycles. The third-order valence-electron chi connectivity index (χ3n) is 3.09. The molecule has 1 aliphatic carbocycles. The Bertz CT molecular complexity index is 580. The Morgan fingerprint density at radius 2 is 2.16 bits per heavy atom. The van der Waals surface area contributed by atoms with Gasteiger partial charge in [0.15, 0.2) is 6.20 Å². The van der Waals surface area contributed by atoms with Crippen LogP contribution >= 0.6 is 0 Å². The summed E-state index contributed by atoms with van der Waals surface area (Å²) in [5.74, 6) is -0.420. The Kier molecular flexibility index (Phi) is 3.52. The molecule has 0 amide bonds. The molecule has 8 nitrogen and oxygen atoms in total. The molecule has 0 radical (unpaired) electrons. The highest BCUT2D eigenvalue weighted by Crippen LogP contribution is 2.31. The van der Waals surface area contributed by atoms with Crippen molar-refractivity contribution in [3.8, 4) is 0 Å². The van der Waals surface area contributed by atoms with Gasteiger partial charge in [-0.05, 0) is 35.2 Å². The van der Waals surface area contributed by atoms with Crippen molar-refractivity contribution in [2.75, 3.05) is 6.54 Å². The van der Waals surface area contributed by atoms with Crippen molar-refractivity contribution in [3.05, 3.63) is 28.4 Å². The lowest BCUT2D eigenvalue weighted by atomic mass is 9.81. The van der Waals surface area contributed by atoms with Crippen molar-refractivity contribution in [1.82, 2.24) is 9.71 Å². The van der Waals surface area contributed by atoms with Gasteiger partial charge in [0.1, 0.15) is 4.90 Å². The van der Waals surface area contributed by atoms with Gasteiger partial charge in [-0.15, -0.1) is 0 Å². The molecule has 0 bridgehead atoms. The minimum atomic E-state index is -3.81. The van der Waals surface area contributed by atoms with Crippen molar-refractivity contribution in [2.45, 2.75) is 29.8 Å². The highest BCUT2D eigenvalue weighted by molar-refractivity contribution is 7.89. The van der Waals surface area contributed by atoms with Gasteiger partial charge in [-0.3, -0.25) is 0 Å². The molecule has 0 aromatic carbocycles. The lowest BCUT2D eigenvalue weighted by Gasteiger charge is -2.36. The van der Waals surface area contributed by atoms with Gasteiger partial charge < -0.3 is 15.2 Å². The van der Waals surface area contributed by atoms with E-state index in [-0.39, 0.29) is 11.4 Å². The quantitative estimate of drug-likeness (QED) is 0.588. The van der Waals surface area contributed by atoms with Crippen LogP contribution in [0.3, 0.4) is 0 Å².